The van der Waals surface area contributed by atoms with Crippen molar-refractivity contribution >= 4 is 5.97 Å². The summed E-state index contributed by atoms with van der Waals surface area (Å²) in [6.07, 6.45) is 1.29. The van der Waals surface area contributed by atoms with Crippen LogP contribution in [0.15, 0.2) is 6.07 Å². The summed E-state index contributed by atoms with van der Waals surface area (Å²) in [4.78, 5) is 11.8. The molecule has 1 aromatic rings. The fourth-order valence-electron chi connectivity index (χ4n) is 2.78. The number of hydrogen-bond acceptors (Lipinski definition) is 3. The van der Waals surface area contributed by atoms with Crippen LogP contribution in [0.2, 0.25) is 0 Å². The maximum Gasteiger partial charge on any atom is 0.307 e. The first-order valence-electron chi connectivity index (χ1n) is 7.85. The van der Waals surface area contributed by atoms with Crippen LogP contribution < -0.4 is 5.32 Å². The van der Waals surface area contributed by atoms with Gasteiger partial charge in [-0.1, -0.05) is 13.0 Å². The monoisotopic (exact) mass is 291 g/mol. The van der Waals surface area contributed by atoms with E-state index in [0.717, 1.165) is 13.0 Å². The molecule has 0 aliphatic carbocycles. The maximum absolute atomic E-state index is 11.8. The van der Waals surface area contributed by atoms with Gasteiger partial charge in [-0.2, -0.15) is 0 Å². The fraction of sp³-hybridized carbons (Fsp3) is 0.611. The van der Waals surface area contributed by atoms with Crippen molar-refractivity contribution in [3.8, 4) is 0 Å². The zero-order chi connectivity index (χ0) is 16.0. The first kappa shape index (κ1) is 17.7. The van der Waals surface area contributed by atoms with Gasteiger partial charge >= 0.3 is 5.97 Å². The first-order valence-corrected chi connectivity index (χ1v) is 7.85. The number of carbonyl (C=O) groups excluding carboxylic acids is 1. The van der Waals surface area contributed by atoms with Gasteiger partial charge in [0.1, 0.15) is 0 Å². The molecule has 0 fully saturated rings. The van der Waals surface area contributed by atoms with Crippen LogP contribution in [0.25, 0.3) is 0 Å². The molecule has 0 amide bonds. The topological polar surface area (TPSA) is 38.3 Å². The lowest BCUT2D eigenvalue weighted by molar-refractivity contribution is -0.143. The van der Waals surface area contributed by atoms with E-state index in [1.807, 2.05) is 6.92 Å². The van der Waals surface area contributed by atoms with Gasteiger partial charge in [-0.05, 0) is 75.4 Å². The summed E-state index contributed by atoms with van der Waals surface area (Å²) in [5.41, 5.74) is 6.68. The predicted octanol–water partition coefficient (Wildman–Crippen LogP) is 3.39. The van der Waals surface area contributed by atoms with Crippen molar-refractivity contribution in [3.63, 3.8) is 0 Å². The molecule has 0 radical (unpaired) electrons. The van der Waals surface area contributed by atoms with Crippen LogP contribution >= 0.6 is 0 Å². The molecule has 0 bridgehead atoms. The molecule has 0 saturated carbocycles. The molecule has 1 atom stereocenters. The van der Waals surface area contributed by atoms with Crippen LogP contribution in [-0.4, -0.2) is 25.2 Å². The average molecular weight is 291 g/mol. The number of carbonyl (C=O) groups is 1. The first-order chi connectivity index (χ1) is 9.90. The SMILES string of the molecule is CCNC(CC(=O)OCC)Cc1c(C)c(C)cc(C)c1C. The molecule has 1 unspecified atom stereocenters. The average Bonchev–Trinajstić information content (AvgIpc) is 2.41. The van der Waals surface area contributed by atoms with Crippen molar-refractivity contribution in [2.24, 2.45) is 0 Å². The minimum atomic E-state index is -0.122. The second kappa shape index (κ2) is 8.18. The lowest BCUT2D eigenvalue weighted by Crippen LogP contribution is -2.34. The van der Waals surface area contributed by atoms with Crippen LogP contribution in [0.1, 0.15) is 48.1 Å². The summed E-state index contributed by atoms with van der Waals surface area (Å²) in [5, 5.41) is 3.41. The third kappa shape index (κ3) is 4.85. The Bertz CT molecular complexity index is 468. The Morgan fingerprint density at radius 3 is 2.19 bits per heavy atom. The van der Waals surface area contributed by atoms with E-state index in [1.165, 1.54) is 27.8 Å². The number of aryl methyl sites for hydroxylation is 2. The Kier molecular flexibility index (Phi) is 6.90. The maximum atomic E-state index is 11.8. The minimum absolute atomic E-state index is 0.122. The third-order valence-corrected chi connectivity index (χ3v) is 4.18. The van der Waals surface area contributed by atoms with Crippen LogP contribution in [0.4, 0.5) is 0 Å². The van der Waals surface area contributed by atoms with E-state index < -0.39 is 0 Å². The molecular weight excluding hydrogens is 262 g/mol. The van der Waals surface area contributed by atoms with Crippen LogP contribution in [-0.2, 0) is 16.0 Å². The van der Waals surface area contributed by atoms with Crippen molar-refractivity contribution in [2.45, 2.75) is 60.4 Å². The highest BCUT2D eigenvalue weighted by Crippen LogP contribution is 2.23. The highest BCUT2D eigenvalue weighted by Gasteiger charge is 2.18. The normalized spacial score (nSPS) is 12.3. The van der Waals surface area contributed by atoms with Gasteiger partial charge in [0.2, 0.25) is 0 Å². The van der Waals surface area contributed by atoms with E-state index in [0.29, 0.717) is 13.0 Å². The number of rotatable bonds is 7. The largest absolute Gasteiger partial charge is 0.466 e. The van der Waals surface area contributed by atoms with Crippen molar-refractivity contribution in [1.82, 2.24) is 5.32 Å². The smallest absolute Gasteiger partial charge is 0.307 e. The molecule has 0 aromatic heterocycles. The number of hydrogen-bond donors (Lipinski definition) is 1. The van der Waals surface area contributed by atoms with Gasteiger partial charge in [0.25, 0.3) is 0 Å². The van der Waals surface area contributed by atoms with E-state index >= 15 is 0 Å². The van der Waals surface area contributed by atoms with Gasteiger partial charge in [0.05, 0.1) is 13.0 Å². The number of ether oxygens (including phenoxy) is 1. The van der Waals surface area contributed by atoms with E-state index in [4.69, 9.17) is 4.74 Å². The molecule has 3 heteroatoms. The summed E-state index contributed by atoms with van der Waals surface area (Å²) >= 11 is 0. The summed E-state index contributed by atoms with van der Waals surface area (Å²) in [6.45, 7) is 13.9. The Morgan fingerprint density at radius 2 is 1.71 bits per heavy atom. The van der Waals surface area contributed by atoms with Gasteiger partial charge in [0, 0.05) is 6.04 Å². The summed E-state index contributed by atoms with van der Waals surface area (Å²) < 4.78 is 5.09. The van der Waals surface area contributed by atoms with Gasteiger partial charge in [-0.15, -0.1) is 0 Å². The lowest BCUT2D eigenvalue weighted by atomic mass is 9.89. The van der Waals surface area contributed by atoms with Gasteiger partial charge in [-0.25, -0.2) is 0 Å². The van der Waals surface area contributed by atoms with Crippen LogP contribution in [0.5, 0.6) is 0 Å². The van der Waals surface area contributed by atoms with Gasteiger partial charge < -0.3 is 10.1 Å². The molecular formula is C18H29NO2. The van der Waals surface area contributed by atoms with E-state index in [2.05, 4.69) is 46.0 Å². The summed E-state index contributed by atoms with van der Waals surface area (Å²) in [5.74, 6) is -0.122. The van der Waals surface area contributed by atoms with E-state index in [1.54, 1.807) is 0 Å². The minimum Gasteiger partial charge on any atom is -0.466 e. The Morgan fingerprint density at radius 1 is 1.14 bits per heavy atom. The number of nitrogens with one attached hydrogen (secondary N) is 1. The van der Waals surface area contributed by atoms with E-state index in [-0.39, 0.29) is 12.0 Å². The molecule has 0 spiro atoms. The molecule has 0 heterocycles. The second-order valence-corrected chi connectivity index (χ2v) is 5.71. The van der Waals surface area contributed by atoms with E-state index in [9.17, 15) is 4.79 Å². The molecule has 0 aliphatic heterocycles. The lowest BCUT2D eigenvalue weighted by Gasteiger charge is -2.21. The Balaban J connectivity index is 2.96. The fourth-order valence-corrected chi connectivity index (χ4v) is 2.78. The Labute approximate surface area is 129 Å². The number of likely N-dealkylation sites (N-methyl/N-ethyl adjacent to an activating group) is 1. The molecule has 0 saturated heterocycles. The highest BCUT2D eigenvalue weighted by atomic mass is 16.5. The molecule has 1 aromatic carbocycles. The quantitative estimate of drug-likeness (QED) is 0.783. The molecule has 118 valence electrons. The number of benzene rings is 1. The zero-order valence-corrected chi connectivity index (χ0v) is 14.3. The van der Waals surface area contributed by atoms with Crippen molar-refractivity contribution in [1.29, 1.82) is 0 Å². The summed E-state index contributed by atoms with van der Waals surface area (Å²) in [6, 6.07) is 2.37. The third-order valence-electron chi connectivity index (χ3n) is 4.18. The molecule has 1 rings (SSSR count). The van der Waals surface area contributed by atoms with Crippen molar-refractivity contribution in [3.05, 3.63) is 33.9 Å². The molecule has 21 heavy (non-hydrogen) atoms. The molecule has 3 nitrogen and oxygen atoms in total. The van der Waals surface area contributed by atoms with Gasteiger partial charge in [-0.3, -0.25) is 4.79 Å². The van der Waals surface area contributed by atoms with Crippen molar-refractivity contribution < 1.29 is 9.53 Å². The Hall–Kier alpha value is -1.35. The molecule has 0 aliphatic rings. The van der Waals surface area contributed by atoms with Crippen LogP contribution in [0, 0.1) is 27.7 Å². The van der Waals surface area contributed by atoms with Crippen molar-refractivity contribution in [2.75, 3.05) is 13.2 Å². The number of esters is 1. The van der Waals surface area contributed by atoms with Gasteiger partial charge in [0.15, 0.2) is 0 Å². The zero-order valence-electron chi connectivity index (χ0n) is 14.3. The standard InChI is InChI=1S/C18H29NO2/c1-7-19-16(11-18(20)21-8-2)10-17-14(5)12(3)9-13(4)15(17)6/h9,16,19H,7-8,10-11H2,1-6H3. The predicted molar refractivity (Wildman–Crippen MR) is 87.8 cm³/mol. The highest BCUT2D eigenvalue weighted by molar-refractivity contribution is 5.70. The second-order valence-electron chi connectivity index (χ2n) is 5.71. The molecule has 1 N–H and O–H groups in total. The summed E-state index contributed by atoms with van der Waals surface area (Å²) in [7, 11) is 0. The van der Waals surface area contributed by atoms with Crippen LogP contribution in [0.3, 0.4) is 0 Å².